The van der Waals surface area contributed by atoms with Crippen molar-refractivity contribution in [2.75, 3.05) is 18.6 Å². The van der Waals surface area contributed by atoms with E-state index in [1.165, 1.54) is 0 Å². The second-order valence-corrected chi connectivity index (χ2v) is 4.99. The van der Waals surface area contributed by atoms with Crippen molar-refractivity contribution in [1.29, 1.82) is 0 Å². The SMILES string of the molecule is COc1ccc2c(c1)N(C(=O)C1CC1)CCC2O. The zero-order valence-electron chi connectivity index (χ0n) is 10.4. The van der Waals surface area contributed by atoms with Crippen LogP contribution in [0, 0.1) is 5.92 Å². The number of anilines is 1. The fourth-order valence-corrected chi connectivity index (χ4v) is 2.47. The number of aliphatic hydroxyl groups excluding tert-OH is 1. The Morgan fingerprint density at radius 2 is 2.17 bits per heavy atom. The van der Waals surface area contributed by atoms with Gasteiger partial charge in [0.25, 0.3) is 0 Å². The molecule has 1 aliphatic carbocycles. The van der Waals surface area contributed by atoms with Crippen molar-refractivity contribution in [2.24, 2.45) is 5.92 Å². The van der Waals surface area contributed by atoms with Gasteiger partial charge in [-0.1, -0.05) is 6.07 Å². The highest BCUT2D eigenvalue weighted by Crippen LogP contribution is 2.40. The van der Waals surface area contributed by atoms with Crippen molar-refractivity contribution in [3.8, 4) is 5.75 Å². The number of rotatable bonds is 2. The van der Waals surface area contributed by atoms with E-state index < -0.39 is 6.10 Å². The van der Waals surface area contributed by atoms with Crippen molar-refractivity contribution in [1.82, 2.24) is 0 Å². The van der Waals surface area contributed by atoms with E-state index in [-0.39, 0.29) is 11.8 Å². The molecule has 0 spiro atoms. The molecule has 1 aliphatic heterocycles. The average molecular weight is 247 g/mol. The van der Waals surface area contributed by atoms with Crippen LogP contribution >= 0.6 is 0 Å². The summed E-state index contributed by atoms with van der Waals surface area (Å²) >= 11 is 0. The lowest BCUT2D eigenvalue weighted by Crippen LogP contribution is -2.37. The highest BCUT2D eigenvalue weighted by molar-refractivity contribution is 5.97. The van der Waals surface area contributed by atoms with Crippen LogP contribution < -0.4 is 9.64 Å². The summed E-state index contributed by atoms with van der Waals surface area (Å²) in [5.41, 5.74) is 1.64. The number of aliphatic hydroxyl groups is 1. The molecule has 0 aromatic heterocycles. The standard InChI is InChI=1S/C14H17NO3/c1-18-10-4-5-11-12(8-10)15(7-6-13(11)16)14(17)9-2-3-9/h4-5,8-9,13,16H,2-3,6-7H2,1H3. The molecule has 1 fully saturated rings. The summed E-state index contributed by atoms with van der Waals surface area (Å²) in [5.74, 6) is 1.10. The fourth-order valence-electron chi connectivity index (χ4n) is 2.47. The van der Waals surface area contributed by atoms with Crippen molar-refractivity contribution in [3.05, 3.63) is 23.8 Å². The highest BCUT2D eigenvalue weighted by Gasteiger charge is 2.37. The second kappa shape index (κ2) is 4.28. The molecule has 0 saturated heterocycles. The van der Waals surface area contributed by atoms with Gasteiger partial charge in [0.1, 0.15) is 5.75 Å². The Bertz CT molecular complexity index is 482. The van der Waals surface area contributed by atoms with E-state index in [0.29, 0.717) is 13.0 Å². The smallest absolute Gasteiger partial charge is 0.230 e. The summed E-state index contributed by atoms with van der Waals surface area (Å²) in [6.07, 6.45) is 2.13. The van der Waals surface area contributed by atoms with Crippen LogP contribution in [0.1, 0.15) is 30.9 Å². The first-order valence-electron chi connectivity index (χ1n) is 6.38. The van der Waals surface area contributed by atoms with Gasteiger partial charge in [-0.3, -0.25) is 4.79 Å². The number of methoxy groups -OCH3 is 1. The Morgan fingerprint density at radius 1 is 1.39 bits per heavy atom. The number of carbonyl (C=O) groups excluding carboxylic acids is 1. The van der Waals surface area contributed by atoms with Crippen LogP contribution in [-0.2, 0) is 4.79 Å². The van der Waals surface area contributed by atoms with E-state index in [1.807, 2.05) is 23.1 Å². The van der Waals surface area contributed by atoms with Gasteiger partial charge in [-0.05, 0) is 25.3 Å². The Kier molecular flexibility index (Phi) is 2.74. The van der Waals surface area contributed by atoms with E-state index in [0.717, 1.165) is 29.8 Å². The van der Waals surface area contributed by atoms with Crippen LogP contribution in [0.2, 0.25) is 0 Å². The minimum atomic E-state index is -0.478. The third-order valence-electron chi connectivity index (χ3n) is 3.71. The summed E-state index contributed by atoms with van der Waals surface area (Å²) in [5, 5.41) is 10.00. The van der Waals surface area contributed by atoms with Crippen molar-refractivity contribution in [2.45, 2.75) is 25.4 Å². The number of benzene rings is 1. The normalized spacial score (nSPS) is 22.6. The second-order valence-electron chi connectivity index (χ2n) is 4.99. The Hall–Kier alpha value is -1.55. The third-order valence-corrected chi connectivity index (χ3v) is 3.71. The zero-order chi connectivity index (χ0) is 12.7. The first kappa shape index (κ1) is 11.5. The van der Waals surface area contributed by atoms with Gasteiger partial charge < -0.3 is 14.7 Å². The largest absolute Gasteiger partial charge is 0.497 e. The van der Waals surface area contributed by atoms with Crippen molar-refractivity contribution < 1.29 is 14.6 Å². The van der Waals surface area contributed by atoms with Crippen LogP contribution in [-0.4, -0.2) is 24.7 Å². The van der Waals surface area contributed by atoms with Crippen molar-refractivity contribution >= 4 is 11.6 Å². The Labute approximate surface area is 106 Å². The monoisotopic (exact) mass is 247 g/mol. The fraction of sp³-hybridized carbons (Fsp3) is 0.500. The topological polar surface area (TPSA) is 49.8 Å². The molecule has 1 amide bonds. The number of nitrogens with zero attached hydrogens (tertiary/aromatic N) is 1. The summed E-state index contributed by atoms with van der Waals surface area (Å²) in [6, 6.07) is 5.52. The van der Waals surface area contributed by atoms with Gasteiger partial charge in [0, 0.05) is 24.1 Å². The molecular formula is C14H17NO3. The number of hydrogen-bond acceptors (Lipinski definition) is 3. The molecule has 1 unspecified atom stereocenters. The predicted molar refractivity (Wildman–Crippen MR) is 67.6 cm³/mol. The summed E-state index contributed by atoms with van der Waals surface area (Å²) < 4.78 is 5.20. The van der Waals surface area contributed by atoms with Gasteiger partial charge >= 0.3 is 0 Å². The molecule has 1 heterocycles. The molecule has 1 saturated carbocycles. The zero-order valence-corrected chi connectivity index (χ0v) is 10.4. The van der Waals surface area contributed by atoms with Crippen LogP contribution in [0.5, 0.6) is 5.75 Å². The molecule has 4 heteroatoms. The summed E-state index contributed by atoms with van der Waals surface area (Å²) in [6.45, 7) is 0.594. The maximum Gasteiger partial charge on any atom is 0.230 e. The van der Waals surface area contributed by atoms with Gasteiger partial charge in [0.05, 0.1) is 18.9 Å². The van der Waals surface area contributed by atoms with E-state index in [2.05, 4.69) is 0 Å². The predicted octanol–water partition coefficient (Wildman–Crippen LogP) is 1.88. The lowest BCUT2D eigenvalue weighted by molar-refractivity contribution is -0.120. The number of hydrogen-bond donors (Lipinski definition) is 1. The Balaban J connectivity index is 1.99. The van der Waals surface area contributed by atoms with E-state index in [1.54, 1.807) is 7.11 Å². The molecule has 1 N–H and O–H groups in total. The van der Waals surface area contributed by atoms with Gasteiger partial charge in [-0.25, -0.2) is 0 Å². The van der Waals surface area contributed by atoms with E-state index in [9.17, 15) is 9.90 Å². The van der Waals surface area contributed by atoms with Crippen LogP contribution in [0.15, 0.2) is 18.2 Å². The molecule has 96 valence electrons. The van der Waals surface area contributed by atoms with Crippen molar-refractivity contribution in [3.63, 3.8) is 0 Å². The van der Waals surface area contributed by atoms with Gasteiger partial charge in [0.2, 0.25) is 5.91 Å². The minimum absolute atomic E-state index is 0.191. The first-order valence-corrected chi connectivity index (χ1v) is 6.38. The number of ether oxygens (including phenoxy) is 1. The maximum absolute atomic E-state index is 12.2. The molecule has 0 radical (unpaired) electrons. The summed E-state index contributed by atoms with van der Waals surface area (Å²) in [7, 11) is 1.61. The molecule has 3 rings (SSSR count). The lowest BCUT2D eigenvalue weighted by Gasteiger charge is -2.32. The van der Waals surface area contributed by atoms with Crippen LogP contribution in [0.25, 0.3) is 0 Å². The number of fused-ring (bicyclic) bond motifs is 1. The quantitative estimate of drug-likeness (QED) is 0.868. The Morgan fingerprint density at radius 3 is 2.83 bits per heavy atom. The van der Waals surface area contributed by atoms with Gasteiger partial charge in [-0.15, -0.1) is 0 Å². The molecule has 0 bridgehead atoms. The molecule has 1 aromatic rings. The molecule has 4 nitrogen and oxygen atoms in total. The van der Waals surface area contributed by atoms with E-state index in [4.69, 9.17) is 4.74 Å². The first-order chi connectivity index (χ1) is 8.70. The minimum Gasteiger partial charge on any atom is -0.497 e. The lowest BCUT2D eigenvalue weighted by atomic mass is 9.98. The maximum atomic E-state index is 12.2. The van der Waals surface area contributed by atoms with Crippen LogP contribution in [0.3, 0.4) is 0 Å². The number of amides is 1. The van der Waals surface area contributed by atoms with Gasteiger partial charge in [0.15, 0.2) is 0 Å². The number of carbonyl (C=O) groups is 1. The summed E-state index contributed by atoms with van der Waals surface area (Å²) in [4.78, 5) is 14.0. The average Bonchev–Trinajstić information content (AvgIpc) is 3.22. The molecule has 2 aliphatic rings. The third kappa shape index (κ3) is 1.86. The van der Waals surface area contributed by atoms with E-state index >= 15 is 0 Å². The molecule has 1 aromatic carbocycles. The molecule has 18 heavy (non-hydrogen) atoms. The molecular weight excluding hydrogens is 230 g/mol. The molecule has 1 atom stereocenters. The highest BCUT2D eigenvalue weighted by atomic mass is 16.5. The van der Waals surface area contributed by atoms with Crippen LogP contribution in [0.4, 0.5) is 5.69 Å². The van der Waals surface area contributed by atoms with Gasteiger partial charge in [-0.2, -0.15) is 0 Å².